The van der Waals surface area contributed by atoms with Crippen molar-refractivity contribution in [3.8, 4) is 5.75 Å². The zero-order valence-electron chi connectivity index (χ0n) is 23.7. The normalized spacial score (nSPS) is 11.9. The van der Waals surface area contributed by atoms with E-state index < -0.39 is 22.9 Å². The maximum absolute atomic E-state index is 13.4. The van der Waals surface area contributed by atoms with Gasteiger partial charge in [-0.3, -0.25) is 14.4 Å². The van der Waals surface area contributed by atoms with Gasteiger partial charge >= 0.3 is 0 Å². The van der Waals surface area contributed by atoms with E-state index in [1.165, 1.54) is 53.4 Å². The molecule has 0 aliphatic carbocycles. The fourth-order valence-electron chi connectivity index (χ4n) is 4.03. The number of anilines is 2. The van der Waals surface area contributed by atoms with Crippen LogP contribution in [0, 0.1) is 5.82 Å². The number of fused-ring (bicyclic) bond motifs is 1. The van der Waals surface area contributed by atoms with Crippen LogP contribution in [0.15, 0.2) is 108 Å². The van der Waals surface area contributed by atoms with Crippen molar-refractivity contribution < 1.29 is 23.5 Å². The smallest absolute Gasteiger partial charge is 0.272 e. The monoisotopic (exact) mass is 626 g/mol. The second-order valence-electron chi connectivity index (χ2n) is 9.51. The number of amides is 3. The van der Waals surface area contributed by atoms with Crippen LogP contribution >= 0.6 is 23.1 Å². The first kappa shape index (κ1) is 30.5. The Morgan fingerprint density at radius 1 is 0.932 bits per heavy atom. The largest absolute Gasteiger partial charge is 0.497 e. The zero-order chi connectivity index (χ0) is 31.1. The quantitative estimate of drug-likeness (QED) is 0.114. The predicted molar refractivity (Wildman–Crippen MR) is 173 cm³/mol. The fraction of sp³-hybridized carbons (Fsp3) is 0.0909. The second-order valence-corrected chi connectivity index (χ2v) is 12.0. The standard InChI is InChI=1S/C33H27FN4O4S2/c1-20(30(39)38-33-37-27-17-14-25(42-2)19-29(27)44-33)43-26-15-12-24(13-16-26)35-32(41)28(18-21-8-10-23(34)11-9-21)36-31(40)22-6-4-3-5-7-22/h3-20H,1-2H3,(H,35,41)(H,36,40)(H,37,38,39)/b28-18-. The van der Waals surface area contributed by atoms with Gasteiger partial charge in [0.05, 0.1) is 22.6 Å². The van der Waals surface area contributed by atoms with Gasteiger partial charge in [-0.2, -0.15) is 0 Å². The van der Waals surface area contributed by atoms with E-state index in [2.05, 4.69) is 20.9 Å². The van der Waals surface area contributed by atoms with E-state index in [1.54, 1.807) is 68.6 Å². The number of rotatable bonds is 10. The van der Waals surface area contributed by atoms with E-state index >= 15 is 0 Å². The summed E-state index contributed by atoms with van der Waals surface area (Å²) < 4.78 is 19.6. The first-order valence-corrected chi connectivity index (χ1v) is 15.1. The molecule has 0 radical (unpaired) electrons. The summed E-state index contributed by atoms with van der Waals surface area (Å²) in [5, 5.41) is 8.41. The molecule has 222 valence electrons. The van der Waals surface area contributed by atoms with Gasteiger partial charge < -0.3 is 20.7 Å². The summed E-state index contributed by atoms with van der Waals surface area (Å²) in [5.74, 6) is -0.897. The summed E-state index contributed by atoms with van der Waals surface area (Å²) in [6, 6.07) is 26.6. The van der Waals surface area contributed by atoms with Crippen molar-refractivity contribution in [1.29, 1.82) is 0 Å². The van der Waals surface area contributed by atoms with Crippen LogP contribution in [0.25, 0.3) is 16.3 Å². The summed E-state index contributed by atoms with van der Waals surface area (Å²) in [6.45, 7) is 1.80. The molecule has 0 aliphatic rings. The highest BCUT2D eigenvalue weighted by atomic mass is 32.2. The molecule has 0 saturated carbocycles. The van der Waals surface area contributed by atoms with Crippen LogP contribution < -0.4 is 20.7 Å². The number of methoxy groups -OCH3 is 1. The highest BCUT2D eigenvalue weighted by Crippen LogP contribution is 2.31. The van der Waals surface area contributed by atoms with Crippen molar-refractivity contribution >= 4 is 67.9 Å². The number of carbonyl (C=O) groups is 3. The topological polar surface area (TPSA) is 109 Å². The zero-order valence-corrected chi connectivity index (χ0v) is 25.3. The summed E-state index contributed by atoms with van der Waals surface area (Å²) in [6.07, 6.45) is 1.47. The van der Waals surface area contributed by atoms with Crippen LogP contribution in [0.5, 0.6) is 5.75 Å². The molecule has 0 spiro atoms. The molecule has 0 aliphatic heterocycles. The average molecular weight is 627 g/mol. The molecule has 1 heterocycles. The number of carbonyl (C=O) groups excluding carboxylic acids is 3. The molecule has 1 aromatic heterocycles. The van der Waals surface area contributed by atoms with Gasteiger partial charge in [0.1, 0.15) is 17.3 Å². The number of thioether (sulfide) groups is 1. The van der Waals surface area contributed by atoms with Crippen LogP contribution in [-0.2, 0) is 9.59 Å². The Hall–Kier alpha value is -5.00. The van der Waals surface area contributed by atoms with Crippen molar-refractivity contribution in [1.82, 2.24) is 10.3 Å². The van der Waals surface area contributed by atoms with Gasteiger partial charge in [-0.1, -0.05) is 41.7 Å². The van der Waals surface area contributed by atoms with Crippen molar-refractivity contribution in [2.75, 3.05) is 17.7 Å². The van der Waals surface area contributed by atoms with Crippen LogP contribution in [0.3, 0.4) is 0 Å². The summed E-state index contributed by atoms with van der Waals surface area (Å²) in [4.78, 5) is 44.2. The molecule has 5 rings (SSSR count). The molecule has 4 aromatic carbocycles. The third-order valence-corrected chi connectivity index (χ3v) is 8.38. The maximum atomic E-state index is 13.4. The Morgan fingerprint density at radius 3 is 2.36 bits per heavy atom. The van der Waals surface area contributed by atoms with E-state index in [1.807, 2.05) is 18.2 Å². The van der Waals surface area contributed by atoms with Crippen LogP contribution in [0.2, 0.25) is 0 Å². The molecule has 44 heavy (non-hydrogen) atoms. The Kier molecular flexibility index (Phi) is 9.68. The molecule has 5 aromatic rings. The summed E-state index contributed by atoms with van der Waals surface area (Å²) in [5.41, 5.74) is 2.17. The van der Waals surface area contributed by atoms with Crippen LogP contribution in [0.1, 0.15) is 22.8 Å². The first-order valence-electron chi connectivity index (χ1n) is 13.4. The van der Waals surface area contributed by atoms with Gasteiger partial charge in [-0.05, 0) is 85.3 Å². The highest BCUT2D eigenvalue weighted by Gasteiger charge is 2.18. The van der Waals surface area contributed by atoms with E-state index in [4.69, 9.17) is 4.74 Å². The number of ether oxygens (including phenoxy) is 1. The molecule has 0 fully saturated rings. The Morgan fingerprint density at radius 2 is 1.66 bits per heavy atom. The molecule has 1 unspecified atom stereocenters. The van der Waals surface area contributed by atoms with Gasteiger partial charge in [0.2, 0.25) is 5.91 Å². The van der Waals surface area contributed by atoms with Crippen molar-refractivity contribution in [3.63, 3.8) is 0 Å². The lowest BCUT2D eigenvalue weighted by atomic mass is 10.1. The minimum Gasteiger partial charge on any atom is -0.497 e. The number of benzene rings is 4. The minimum atomic E-state index is -0.555. The number of thiazole rings is 1. The Balaban J connectivity index is 1.22. The maximum Gasteiger partial charge on any atom is 0.272 e. The number of halogens is 1. The molecule has 3 amide bonds. The molecule has 0 saturated heterocycles. The third kappa shape index (κ3) is 7.88. The predicted octanol–water partition coefficient (Wildman–Crippen LogP) is 6.97. The molecular weight excluding hydrogens is 600 g/mol. The molecule has 11 heteroatoms. The number of nitrogens with zero attached hydrogens (tertiary/aromatic N) is 1. The molecule has 0 bridgehead atoms. The summed E-state index contributed by atoms with van der Waals surface area (Å²) in [7, 11) is 1.60. The number of aromatic nitrogens is 1. The van der Waals surface area contributed by atoms with Gasteiger partial charge in [0, 0.05) is 16.1 Å². The molecule has 3 N–H and O–H groups in total. The molecule has 1 atom stereocenters. The van der Waals surface area contributed by atoms with E-state index in [0.29, 0.717) is 21.9 Å². The second kappa shape index (κ2) is 14.0. The van der Waals surface area contributed by atoms with Gasteiger partial charge in [0.25, 0.3) is 11.8 Å². The number of hydrogen-bond donors (Lipinski definition) is 3. The minimum absolute atomic E-state index is 0.0116. The van der Waals surface area contributed by atoms with Crippen molar-refractivity contribution in [2.45, 2.75) is 17.1 Å². The van der Waals surface area contributed by atoms with Gasteiger partial charge in [-0.15, -0.1) is 11.8 Å². The van der Waals surface area contributed by atoms with E-state index in [0.717, 1.165) is 20.9 Å². The van der Waals surface area contributed by atoms with Gasteiger partial charge in [-0.25, -0.2) is 9.37 Å². The fourth-order valence-corrected chi connectivity index (χ4v) is 5.80. The number of nitrogens with one attached hydrogen (secondary N) is 3. The number of hydrogen-bond acceptors (Lipinski definition) is 7. The average Bonchev–Trinajstić information content (AvgIpc) is 3.44. The summed E-state index contributed by atoms with van der Waals surface area (Å²) >= 11 is 2.73. The lowest BCUT2D eigenvalue weighted by molar-refractivity contribution is -0.115. The van der Waals surface area contributed by atoms with Crippen molar-refractivity contribution in [2.24, 2.45) is 0 Å². The van der Waals surface area contributed by atoms with Gasteiger partial charge in [0.15, 0.2) is 5.13 Å². The molecular formula is C33H27FN4O4S2. The lowest BCUT2D eigenvalue weighted by Crippen LogP contribution is -2.30. The van der Waals surface area contributed by atoms with E-state index in [9.17, 15) is 18.8 Å². The Bertz CT molecular complexity index is 1820. The third-order valence-electron chi connectivity index (χ3n) is 6.33. The first-order chi connectivity index (χ1) is 21.3. The highest BCUT2D eigenvalue weighted by molar-refractivity contribution is 8.00. The molecule has 8 nitrogen and oxygen atoms in total. The van der Waals surface area contributed by atoms with Crippen molar-refractivity contribution in [3.05, 3.63) is 120 Å². The lowest BCUT2D eigenvalue weighted by Gasteiger charge is -2.13. The van der Waals surface area contributed by atoms with Crippen LogP contribution in [0.4, 0.5) is 15.2 Å². The SMILES string of the molecule is COc1ccc2nc(NC(=O)C(C)Sc3ccc(NC(=O)/C(=C/c4ccc(F)cc4)NC(=O)c4ccccc4)cc3)sc2c1. The van der Waals surface area contributed by atoms with Crippen LogP contribution in [-0.4, -0.2) is 35.1 Å². The van der Waals surface area contributed by atoms with E-state index in [-0.39, 0.29) is 11.6 Å². The Labute approximate surface area is 261 Å².